The summed E-state index contributed by atoms with van der Waals surface area (Å²) < 4.78 is 7.50. The topological polar surface area (TPSA) is 26.2 Å². The summed E-state index contributed by atoms with van der Waals surface area (Å²) in [5.41, 5.74) is 2.73. The molecule has 0 fully saturated rings. The van der Waals surface area contributed by atoms with Crippen LogP contribution in [0.1, 0.15) is 32.3 Å². The largest absolute Gasteiger partial charge is 0.385 e. The van der Waals surface area contributed by atoms with E-state index in [2.05, 4.69) is 54.2 Å². The van der Waals surface area contributed by atoms with Gasteiger partial charge in [0.25, 0.3) is 0 Å². The van der Waals surface area contributed by atoms with Gasteiger partial charge < -0.3 is 14.6 Å². The molecule has 0 aliphatic rings. The molecule has 2 rings (SSSR count). The van der Waals surface area contributed by atoms with Gasteiger partial charge in [-0.3, -0.25) is 0 Å². The smallest absolute Gasteiger partial charge is 0.0483 e. The van der Waals surface area contributed by atoms with Crippen molar-refractivity contribution >= 4 is 10.9 Å². The Hall–Kier alpha value is -1.32. The molecule has 110 valence electrons. The van der Waals surface area contributed by atoms with Crippen LogP contribution in [0, 0.1) is 0 Å². The normalized spacial score (nSPS) is 11.6. The minimum atomic E-state index is 0.513. The first-order chi connectivity index (χ1) is 9.72. The molecule has 3 heteroatoms. The molecule has 2 aromatic rings. The summed E-state index contributed by atoms with van der Waals surface area (Å²) >= 11 is 0. The van der Waals surface area contributed by atoms with Gasteiger partial charge in [-0.1, -0.05) is 32.0 Å². The molecule has 3 nitrogen and oxygen atoms in total. The maximum Gasteiger partial charge on any atom is 0.0483 e. The van der Waals surface area contributed by atoms with E-state index in [1.807, 2.05) is 0 Å². The summed E-state index contributed by atoms with van der Waals surface area (Å²) in [4.78, 5) is 0. The fourth-order valence-corrected chi connectivity index (χ4v) is 2.49. The highest BCUT2D eigenvalue weighted by Gasteiger charge is 2.08. The second kappa shape index (κ2) is 7.46. The second-order valence-electron chi connectivity index (χ2n) is 5.60. The van der Waals surface area contributed by atoms with Crippen LogP contribution >= 0.6 is 0 Å². The van der Waals surface area contributed by atoms with Gasteiger partial charge >= 0.3 is 0 Å². The summed E-state index contributed by atoms with van der Waals surface area (Å²) in [7, 11) is 1.76. The third kappa shape index (κ3) is 3.84. The summed E-state index contributed by atoms with van der Waals surface area (Å²) in [6.07, 6.45) is 4.57. The number of hydrogen-bond acceptors (Lipinski definition) is 2. The fraction of sp³-hybridized carbons (Fsp3) is 0.529. The van der Waals surface area contributed by atoms with Gasteiger partial charge in [0.15, 0.2) is 0 Å². The van der Waals surface area contributed by atoms with Crippen molar-refractivity contribution in [2.75, 3.05) is 13.7 Å². The van der Waals surface area contributed by atoms with Crippen LogP contribution in [0.25, 0.3) is 10.9 Å². The van der Waals surface area contributed by atoms with Crippen molar-refractivity contribution < 1.29 is 4.74 Å². The van der Waals surface area contributed by atoms with E-state index in [0.29, 0.717) is 6.04 Å². The lowest BCUT2D eigenvalue weighted by molar-refractivity contribution is 0.191. The zero-order valence-corrected chi connectivity index (χ0v) is 12.9. The van der Waals surface area contributed by atoms with E-state index in [9.17, 15) is 0 Å². The highest BCUT2D eigenvalue weighted by atomic mass is 16.5. The molecule has 1 aromatic carbocycles. The van der Waals surface area contributed by atoms with Crippen LogP contribution in [0.4, 0.5) is 0 Å². The van der Waals surface area contributed by atoms with Crippen LogP contribution in [0.5, 0.6) is 0 Å². The molecule has 0 amide bonds. The number of ether oxygens (including phenoxy) is 1. The van der Waals surface area contributed by atoms with Crippen molar-refractivity contribution in [2.24, 2.45) is 0 Å². The standard InChI is InChI=1S/C17H26N2O/c1-14(2)18-12-15-13-19(10-6-7-11-20-3)17-9-5-4-8-16(15)17/h4-5,8-9,13-14,18H,6-7,10-12H2,1-3H3. The van der Waals surface area contributed by atoms with Gasteiger partial charge in [0, 0.05) is 49.9 Å². The Labute approximate surface area is 121 Å². The predicted octanol–water partition coefficient (Wildman–Crippen LogP) is 3.57. The first kappa shape index (κ1) is 15.1. The van der Waals surface area contributed by atoms with Crippen LogP contribution in [-0.2, 0) is 17.8 Å². The zero-order valence-electron chi connectivity index (χ0n) is 12.9. The van der Waals surface area contributed by atoms with E-state index in [1.54, 1.807) is 7.11 Å². The van der Waals surface area contributed by atoms with E-state index < -0.39 is 0 Å². The molecule has 1 N–H and O–H groups in total. The van der Waals surface area contributed by atoms with Crippen LogP contribution in [0.2, 0.25) is 0 Å². The Bertz CT molecular complexity index is 531. The van der Waals surface area contributed by atoms with Crippen molar-refractivity contribution in [3.8, 4) is 0 Å². The number of rotatable bonds is 8. The summed E-state index contributed by atoms with van der Waals surface area (Å²) in [5, 5.41) is 4.88. The fourth-order valence-electron chi connectivity index (χ4n) is 2.49. The van der Waals surface area contributed by atoms with E-state index >= 15 is 0 Å². The number of nitrogens with zero attached hydrogens (tertiary/aromatic N) is 1. The van der Waals surface area contributed by atoms with Gasteiger partial charge in [-0.2, -0.15) is 0 Å². The molecule has 0 radical (unpaired) electrons. The first-order valence-electron chi connectivity index (χ1n) is 7.51. The van der Waals surface area contributed by atoms with Gasteiger partial charge in [-0.25, -0.2) is 0 Å². The van der Waals surface area contributed by atoms with Crippen LogP contribution in [0.3, 0.4) is 0 Å². The lowest BCUT2D eigenvalue weighted by Gasteiger charge is -2.06. The van der Waals surface area contributed by atoms with Gasteiger partial charge in [0.05, 0.1) is 0 Å². The van der Waals surface area contributed by atoms with Crippen LogP contribution in [-0.4, -0.2) is 24.3 Å². The number of hydrogen-bond donors (Lipinski definition) is 1. The Balaban J connectivity index is 2.13. The Morgan fingerprint density at radius 1 is 1.20 bits per heavy atom. The minimum Gasteiger partial charge on any atom is -0.385 e. The highest BCUT2D eigenvalue weighted by Crippen LogP contribution is 2.22. The molecule has 0 spiro atoms. The molecule has 0 bridgehead atoms. The van der Waals surface area contributed by atoms with E-state index in [0.717, 1.165) is 32.5 Å². The maximum absolute atomic E-state index is 5.12. The van der Waals surface area contributed by atoms with Crippen molar-refractivity contribution in [1.82, 2.24) is 9.88 Å². The number of aromatic nitrogens is 1. The quantitative estimate of drug-likeness (QED) is 0.745. The Morgan fingerprint density at radius 3 is 2.75 bits per heavy atom. The molecule has 0 atom stereocenters. The molecule has 0 aliphatic heterocycles. The zero-order chi connectivity index (χ0) is 14.4. The number of unbranched alkanes of at least 4 members (excludes halogenated alkanes) is 1. The molecule has 1 aromatic heterocycles. The third-order valence-corrected chi connectivity index (χ3v) is 3.57. The van der Waals surface area contributed by atoms with Crippen LogP contribution < -0.4 is 5.32 Å². The minimum absolute atomic E-state index is 0.513. The van der Waals surface area contributed by atoms with Crippen molar-refractivity contribution in [3.63, 3.8) is 0 Å². The number of aryl methyl sites for hydroxylation is 1. The number of para-hydroxylation sites is 1. The molecule has 1 heterocycles. The molecule has 0 saturated heterocycles. The van der Waals surface area contributed by atoms with Gasteiger partial charge in [0.1, 0.15) is 0 Å². The highest BCUT2D eigenvalue weighted by molar-refractivity contribution is 5.83. The van der Waals surface area contributed by atoms with Crippen molar-refractivity contribution in [2.45, 2.75) is 45.8 Å². The van der Waals surface area contributed by atoms with Crippen LogP contribution in [0.15, 0.2) is 30.5 Å². The lowest BCUT2D eigenvalue weighted by Crippen LogP contribution is -2.21. The van der Waals surface area contributed by atoms with Gasteiger partial charge in [-0.15, -0.1) is 0 Å². The van der Waals surface area contributed by atoms with E-state index in [4.69, 9.17) is 4.74 Å². The summed E-state index contributed by atoms with van der Waals surface area (Å²) in [6.45, 7) is 7.21. The van der Waals surface area contributed by atoms with E-state index in [1.165, 1.54) is 16.5 Å². The summed E-state index contributed by atoms with van der Waals surface area (Å²) in [6, 6.07) is 9.19. The molecular formula is C17H26N2O. The SMILES string of the molecule is COCCCCn1cc(CNC(C)C)c2ccccc21. The number of fused-ring (bicyclic) bond motifs is 1. The van der Waals surface area contributed by atoms with Crippen molar-refractivity contribution in [3.05, 3.63) is 36.0 Å². The Morgan fingerprint density at radius 2 is 2.00 bits per heavy atom. The molecule has 0 aliphatic carbocycles. The number of benzene rings is 1. The first-order valence-corrected chi connectivity index (χ1v) is 7.51. The average Bonchev–Trinajstić information content (AvgIpc) is 2.80. The van der Waals surface area contributed by atoms with Gasteiger partial charge in [-0.05, 0) is 24.5 Å². The number of nitrogens with one attached hydrogen (secondary N) is 1. The average molecular weight is 274 g/mol. The Kier molecular flexibility index (Phi) is 5.62. The molecular weight excluding hydrogens is 248 g/mol. The summed E-state index contributed by atoms with van der Waals surface area (Å²) in [5.74, 6) is 0. The number of methoxy groups -OCH3 is 1. The second-order valence-corrected chi connectivity index (χ2v) is 5.60. The molecule has 0 saturated carbocycles. The lowest BCUT2D eigenvalue weighted by atomic mass is 10.1. The predicted molar refractivity (Wildman–Crippen MR) is 85.0 cm³/mol. The monoisotopic (exact) mass is 274 g/mol. The molecule has 20 heavy (non-hydrogen) atoms. The van der Waals surface area contributed by atoms with Gasteiger partial charge in [0.2, 0.25) is 0 Å². The molecule has 0 unspecified atom stereocenters. The van der Waals surface area contributed by atoms with Crippen molar-refractivity contribution in [1.29, 1.82) is 0 Å². The maximum atomic E-state index is 5.12. The third-order valence-electron chi connectivity index (χ3n) is 3.57. The van der Waals surface area contributed by atoms with E-state index in [-0.39, 0.29) is 0 Å².